The molecule has 19 heavy (non-hydrogen) atoms. The maximum atomic E-state index is 8.56. The van der Waals surface area contributed by atoms with Gasteiger partial charge >= 0.3 is 0 Å². The van der Waals surface area contributed by atoms with Gasteiger partial charge in [-0.25, -0.2) is 9.97 Å². The number of nitrogens with two attached hydrogens (primary N) is 1. The van der Waals surface area contributed by atoms with Crippen LogP contribution in [0.2, 0.25) is 0 Å². The van der Waals surface area contributed by atoms with E-state index in [1.807, 2.05) is 6.07 Å². The molecule has 2 rings (SSSR count). The highest BCUT2D eigenvalue weighted by molar-refractivity contribution is 5.81. The Labute approximate surface area is 112 Å². The van der Waals surface area contributed by atoms with Crippen molar-refractivity contribution in [3.8, 4) is 0 Å². The zero-order valence-corrected chi connectivity index (χ0v) is 11.2. The Morgan fingerprint density at radius 1 is 1.37 bits per heavy atom. The van der Waals surface area contributed by atoms with E-state index in [0.717, 1.165) is 44.1 Å². The van der Waals surface area contributed by atoms with Gasteiger partial charge < -0.3 is 15.8 Å². The highest BCUT2D eigenvalue weighted by atomic mass is 16.4. The lowest BCUT2D eigenvalue weighted by atomic mass is 10.2. The van der Waals surface area contributed by atoms with Gasteiger partial charge in [-0.3, -0.25) is 4.90 Å². The number of oxime groups is 1. The van der Waals surface area contributed by atoms with Crippen LogP contribution in [0, 0.1) is 0 Å². The minimum atomic E-state index is 0.253. The minimum Gasteiger partial charge on any atom is -0.409 e. The number of amidine groups is 1. The summed E-state index contributed by atoms with van der Waals surface area (Å²) in [5, 5.41) is 11.6. The first-order valence-corrected chi connectivity index (χ1v) is 6.47. The summed E-state index contributed by atoms with van der Waals surface area (Å²) >= 11 is 0. The standard InChI is InChI=1S/C12H20N6O/c1-2-10-7-12(15-9-14-10)18-5-3-17(4-6-18)8-11(13)16-19/h7,9,19H,2-6,8H2,1H3,(H2,13,16). The van der Waals surface area contributed by atoms with Crippen LogP contribution in [0.25, 0.3) is 0 Å². The SMILES string of the molecule is CCc1cc(N2CCN(CC(N)=NO)CC2)ncn1. The molecule has 0 atom stereocenters. The largest absolute Gasteiger partial charge is 0.409 e. The van der Waals surface area contributed by atoms with Gasteiger partial charge in [0.15, 0.2) is 5.84 Å². The Morgan fingerprint density at radius 3 is 2.74 bits per heavy atom. The van der Waals surface area contributed by atoms with Gasteiger partial charge in [-0.05, 0) is 6.42 Å². The van der Waals surface area contributed by atoms with E-state index in [1.165, 1.54) is 0 Å². The van der Waals surface area contributed by atoms with Crippen molar-refractivity contribution in [2.75, 3.05) is 37.6 Å². The Bertz CT molecular complexity index is 442. The first-order valence-electron chi connectivity index (χ1n) is 6.47. The molecular formula is C12H20N6O. The highest BCUT2D eigenvalue weighted by Crippen LogP contribution is 2.13. The van der Waals surface area contributed by atoms with Gasteiger partial charge in [-0.15, -0.1) is 0 Å². The molecule has 0 unspecified atom stereocenters. The summed E-state index contributed by atoms with van der Waals surface area (Å²) in [6.45, 7) is 6.12. The zero-order valence-electron chi connectivity index (χ0n) is 11.2. The molecule has 1 aromatic heterocycles. The normalized spacial score (nSPS) is 17.7. The fourth-order valence-corrected chi connectivity index (χ4v) is 2.15. The van der Waals surface area contributed by atoms with Crippen molar-refractivity contribution in [3.05, 3.63) is 18.1 Å². The molecule has 1 aliphatic heterocycles. The minimum absolute atomic E-state index is 0.253. The molecule has 0 amide bonds. The number of hydrogen-bond acceptors (Lipinski definition) is 6. The van der Waals surface area contributed by atoms with Gasteiger partial charge in [0.2, 0.25) is 0 Å². The van der Waals surface area contributed by atoms with E-state index < -0.39 is 0 Å². The van der Waals surface area contributed by atoms with E-state index >= 15 is 0 Å². The van der Waals surface area contributed by atoms with Gasteiger partial charge in [0.1, 0.15) is 12.1 Å². The lowest BCUT2D eigenvalue weighted by Crippen LogP contribution is -2.49. The van der Waals surface area contributed by atoms with E-state index in [-0.39, 0.29) is 5.84 Å². The van der Waals surface area contributed by atoms with Crippen LogP contribution in [0.4, 0.5) is 5.82 Å². The second-order valence-corrected chi connectivity index (χ2v) is 4.58. The predicted molar refractivity (Wildman–Crippen MR) is 73.5 cm³/mol. The smallest absolute Gasteiger partial charge is 0.153 e. The van der Waals surface area contributed by atoms with Crippen LogP contribution in [-0.2, 0) is 6.42 Å². The van der Waals surface area contributed by atoms with Crippen molar-refractivity contribution in [1.82, 2.24) is 14.9 Å². The van der Waals surface area contributed by atoms with Crippen LogP contribution in [0.1, 0.15) is 12.6 Å². The van der Waals surface area contributed by atoms with Crippen LogP contribution in [0.15, 0.2) is 17.5 Å². The van der Waals surface area contributed by atoms with Crippen molar-refractivity contribution >= 4 is 11.7 Å². The number of rotatable bonds is 4. The zero-order chi connectivity index (χ0) is 13.7. The Morgan fingerprint density at radius 2 is 2.11 bits per heavy atom. The highest BCUT2D eigenvalue weighted by Gasteiger charge is 2.18. The monoisotopic (exact) mass is 264 g/mol. The lowest BCUT2D eigenvalue weighted by molar-refractivity contribution is 0.278. The third kappa shape index (κ3) is 3.54. The summed E-state index contributed by atoms with van der Waals surface area (Å²) in [5.41, 5.74) is 6.57. The summed E-state index contributed by atoms with van der Waals surface area (Å²) in [5.74, 6) is 1.24. The molecule has 1 aliphatic rings. The van der Waals surface area contributed by atoms with E-state index in [9.17, 15) is 0 Å². The molecule has 2 heterocycles. The maximum Gasteiger partial charge on any atom is 0.153 e. The number of piperazine rings is 1. The molecule has 0 aliphatic carbocycles. The molecule has 0 radical (unpaired) electrons. The van der Waals surface area contributed by atoms with E-state index in [4.69, 9.17) is 10.9 Å². The van der Waals surface area contributed by atoms with Crippen molar-refractivity contribution < 1.29 is 5.21 Å². The van der Waals surface area contributed by atoms with Crippen LogP contribution in [0.3, 0.4) is 0 Å². The molecule has 1 aromatic rings. The van der Waals surface area contributed by atoms with Crippen molar-refractivity contribution in [2.45, 2.75) is 13.3 Å². The number of aromatic nitrogens is 2. The average molecular weight is 264 g/mol. The topological polar surface area (TPSA) is 90.9 Å². The molecule has 7 nitrogen and oxygen atoms in total. The van der Waals surface area contributed by atoms with E-state index in [0.29, 0.717) is 6.54 Å². The fraction of sp³-hybridized carbons (Fsp3) is 0.583. The Hall–Kier alpha value is -1.89. The number of hydrogen-bond donors (Lipinski definition) is 2. The van der Waals surface area contributed by atoms with Crippen LogP contribution in [-0.4, -0.2) is 58.6 Å². The van der Waals surface area contributed by atoms with Crippen molar-refractivity contribution in [3.63, 3.8) is 0 Å². The molecule has 0 bridgehead atoms. The second-order valence-electron chi connectivity index (χ2n) is 4.58. The summed E-state index contributed by atoms with van der Waals surface area (Å²) in [4.78, 5) is 12.9. The first kappa shape index (κ1) is 13.5. The molecule has 0 aromatic carbocycles. The molecular weight excluding hydrogens is 244 g/mol. The maximum absolute atomic E-state index is 8.56. The van der Waals surface area contributed by atoms with Gasteiger partial charge in [-0.1, -0.05) is 12.1 Å². The van der Waals surface area contributed by atoms with Crippen molar-refractivity contribution in [2.24, 2.45) is 10.9 Å². The summed E-state index contributed by atoms with van der Waals surface area (Å²) < 4.78 is 0. The van der Waals surface area contributed by atoms with Crippen LogP contribution < -0.4 is 10.6 Å². The summed E-state index contributed by atoms with van der Waals surface area (Å²) in [6.07, 6.45) is 2.54. The van der Waals surface area contributed by atoms with Crippen LogP contribution >= 0.6 is 0 Å². The summed E-state index contributed by atoms with van der Waals surface area (Å²) in [7, 11) is 0. The Balaban J connectivity index is 1.92. The molecule has 0 saturated carbocycles. The number of anilines is 1. The molecule has 1 fully saturated rings. The molecule has 0 spiro atoms. The van der Waals surface area contributed by atoms with Gasteiger partial charge in [0.05, 0.1) is 6.54 Å². The van der Waals surface area contributed by atoms with E-state index in [1.54, 1.807) is 6.33 Å². The summed E-state index contributed by atoms with van der Waals surface area (Å²) in [6, 6.07) is 2.04. The third-order valence-corrected chi connectivity index (χ3v) is 3.28. The number of aryl methyl sites for hydroxylation is 1. The van der Waals surface area contributed by atoms with Crippen molar-refractivity contribution in [1.29, 1.82) is 0 Å². The predicted octanol–water partition coefficient (Wildman–Crippen LogP) is -0.0926. The van der Waals surface area contributed by atoms with Gasteiger partial charge in [-0.2, -0.15) is 0 Å². The molecule has 7 heteroatoms. The second kappa shape index (κ2) is 6.33. The Kier molecular flexibility index (Phi) is 4.51. The molecule has 1 saturated heterocycles. The fourth-order valence-electron chi connectivity index (χ4n) is 2.15. The third-order valence-electron chi connectivity index (χ3n) is 3.28. The van der Waals surface area contributed by atoms with Crippen LogP contribution in [0.5, 0.6) is 0 Å². The van der Waals surface area contributed by atoms with E-state index in [2.05, 4.69) is 31.8 Å². The molecule has 104 valence electrons. The first-order chi connectivity index (χ1) is 9.22. The lowest BCUT2D eigenvalue weighted by Gasteiger charge is -2.35. The number of nitrogens with zero attached hydrogens (tertiary/aromatic N) is 5. The molecule has 3 N–H and O–H groups in total. The van der Waals surface area contributed by atoms with Gasteiger partial charge in [0.25, 0.3) is 0 Å². The quantitative estimate of drug-likeness (QED) is 0.342. The van der Waals surface area contributed by atoms with Gasteiger partial charge in [0, 0.05) is 37.9 Å². The average Bonchev–Trinajstić information content (AvgIpc) is 2.48.